The Hall–Kier alpha value is -3.00. The maximum absolute atomic E-state index is 12.8. The van der Waals surface area contributed by atoms with Crippen molar-refractivity contribution in [2.24, 2.45) is 5.73 Å². The fraction of sp³-hybridized carbons (Fsp3) is 0.118. The molecule has 1 aromatic carbocycles. The second-order valence-electron chi connectivity index (χ2n) is 5.38. The second-order valence-corrected chi connectivity index (χ2v) is 6.24. The Morgan fingerprint density at radius 2 is 2.04 bits per heavy atom. The Kier molecular flexibility index (Phi) is 4.90. The third-order valence-electron chi connectivity index (χ3n) is 3.55. The molecule has 0 aliphatic carbocycles. The number of halogens is 1. The highest BCUT2D eigenvalue weighted by Crippen LogP contribution is 2.25. The molecule has 0 radical (unpaired) electrons. The molecule has 0 spiro atoms. The lowest BCUT2D eigenvalue weighted by Crippen LogP contribution is -2.12. The maximum Gasteiger partial charge on any atom is 0.265 e. The average Bonchev–Trinajstić information content (AvgIpc) is 3.23. The number of aryl methyl sites for hydroxylation is 1. The van der Waals surface area contributed by atoms with Gasteiger partial charge in [-0.1, -0.05) is 12.1 Å². The van der Waals surface area contributed by atoms with E-state index < -0.39 is 5.91 Å². The van der Waals surface area contributed by atoms with Crippen molar-refractivity contribution in [1.82, 2.24) is 9.97 Å². The zero-order valence-electron chi connectivity index (χ0n) is 13.1. The maximum atomic E-state index is 12.8. The number of H-pyrrole nitrogens is 1. The van der Waals surface area contributed by atoms with Crippen molar-refractivity contribution in [2.45, 2.75) is 12.8 Å². The van der Waals surface area contributed by atoms with Crippen LogP contribution in [0.5, 0.6) is 0 Å². The van der Waals surface area contributed by atoms with E-state index in [0.29, 0.717) is 22.9 Å². The van der Waals surface area contributed by atoms with Gasteiger partial charge in [-0.15, -0.1) is 11.3 Å². The Labute approximate surface area is 146 Å². The summed E-state index contributed by atoms with van der Waals surface area (Å²) < 4.78 is 12.8. The Morgan fingerprint density at radius 1 is 1.28 bits per heavy atom. The van der Waals surface area contributed by atoms with Crippen LogP contribution >= 0.6 is 11.3 Å². The number of benzene rings is 1. The second kappa shape index (κ2) is 7.27. The van der Waals surface area contributed by atoms with E-state index >= 15 is 0 Å². The zero-order valence-corrected chi connectivity index (χ0v) is 13.9. The van der Waals surface area contributed by atoms with E-state index in [1.807, 2.05) is 0 Å². The van der Waals surface area contributed by atoms with Crippen molar-refractivity contribution in [3.05, 3.63) is 59.0 Å². The van der Waals surface area contributed by atoms with E-state index in [-0.39, 0.29) is 18.1 Å². The third-order valence-corrected chi connectivity index (χ3v) is 4.31. The molecule has 2 aromatic heterocycles. The lowest BCUT2D eigenvalue weighted by Gasteiger charge is -2.02. The Balaban J connectivity index is 1.57. The summed E-state index contributed by atoms with van der Waals surface area (Å²) in [4.78, 5) is 30.2. The largest absolute Gasteiger partial charge is 0.364 e. The summed E-state index contributed by atoms with van der Waals surface area (Å²) in [5.74, 6) is -1.01. The average molecular weight is 358 g/mol. The first kappa shape index (κ1) is 16.8. The predicted octanol–water partition coefficient (Wildman–Crippen LogP) is 2.95. The van der Waals surface area contributed by atoms with Crippen LogP contribution in [-0.4, -0.2) is 21.8 Å². The van der Waals surface area contributed by atoms with Crippen LogP contribution in [0.25, 0.3) is 11.3 Å². The van der Waals surface area contributed by atoms with Gasteiger partial charge in [0.25, 0.3) is 5.91 Å². The number of hydrogen-bond acceptors (Lipinski definition) is 4. The van der Waals surface area contributed by atoms with Crippen LogP contribution in [0, 0.1) is 5.82 Å². The van der Waals surface area contributed by atoms with Crippen molar-refractivity contribution < 1.29 is 14.0 Å². The summed E-state index contributed by atoms with van der Waals surface area (Å²) in [6, 6.07) is 7.67. The Morgan fingerprint density at radius 3 is 2.72 bits per heavy atom. The molecule has 2 heterocycles. The van der Waals surface area contributed by atoms with Gasteiger partial charge >= 0.3 is 0 Å². The van der Waals surface area contributed by atoms with Crippen LogP contribution in [0.2, 0.25) is 0 Å². The molecule has 2 amide bonds. The van der Waals surface area contributed by atoms with E-state index in [2.05, 4.69) is 15.3 Å². The van der Waals surface area contributed by atoms with Gasteiger partial charge in [-0.25, -0.2) is 9.37 Å². The molecule has 0 saturated heterocycles. The van der Waals surface area contributed by atoms with Gasteiger partial charge < -0.3 is 16.0 Å². The molecular formula is C17H15FN4O2S. The van der Waals surface area contributed by atoms with E-state index in [0.717, 1.165) is 11.1 Å². The summed E-state index contributed by atoms with van der Waals surface area (Å²) >= 11 is 1.29. The van der Waals surface area contributed by atoms with Crippen LogP contribution in [-0.2, 0) is 11.2 Å². The van der Waals surface area contributed by atoms with Crippen molar-refractivity contribution in [2.75, 3.05) is 5.32 Å². The number of rotatable bonds is 6. The monoisotopic (exact) mass is 358 g/mol. The first-order valence-electron chi connectivity index (χ1n) is 7.49. The van der Waals surface area contributed by atoms with E-state index in [1.165, 1.54) is 23.5 Å². The number of aromatic amines is 1. The molecule has 6 nitrogen and oxygen atoms in total. The number of carbonyl (C=O) groups is 2. The van der Waals surface area contributed by atoms with Gasteiger partial charge in [-0.2, -0.15) is 0 Å². The summed E-state index contributed by atoms with van der Waals surface area (Å²) in [6.45, 7) is 0. The zero-order chi connectivity index (χ0) is 17.8. The predicted molar refractivity (Wildman–Crippen MR) is 93.8 cm³/mol. The number of thiazole rings is 1. The molecule has 0 bridgehead atoms. The molecular weight excluding hydrogens is 343 g/mol. The first-order chi connectivity index (χ1) is 12.0. The molecule has 128 valence electrons. The normalized spacial score (nSPS) is 10.6. The molecule has 0 saturated carbocycles. The smallest absolute Gasteiger partial charge is 0.265 e. The number of nitrogens with one attached hydrogen (secondary N) is 2. The van der Waals surface area contributed by atoms with E-state index in [4.69, 9.17) is 5.73 Å². The van der Waals surface area contributed by atoms with Crippen molar-refractivity contribution >= 4 is 28.3 Å². The van der Waals surface area contributed by atoms with Crippen LogP contribution in [0.15, 0.2) is 41.9 Å². The highest BCUT2D eigenvalue weighted by Gasteiger charge is 2.11. The lowest BCUT2D eigenvalue weighted by molar-refractivity contribution is -0.116. The van der Waals surface area contributed by atoms with Gasteiger partial charge in [0, 0.05) is 23.6 Å². The molecule has 3 aromatic rings. The van der Waals surface area contributed by atoms with Gasteiger partial charge in [0.15, 0.2) is 5.13 Å². The minimum atomic E-state index is -0.546. The van der Waals surface area contributed by atoms with Crippen LogP contribution in [0.1, 0.15) is 22.5 Å². The topological polar surface area (TPSA) is 101 Å². The Bertz CT molecular complexity index is 902. The van der Waals surface area contributed by atoms with Crippen molar-refractivity contribution in [1.29, 1.82) is 0 Å². The highest BCUT2D eigenvalue weighted by molar-refractivity contribution is 7.14. The van der Waals surface area contributed by atoms with Crippen LogP contribution < -0.4 is 11.1 Å². The van der Waals surface area contributed by atoms with Gasteiger partial charge in [0.2, 0.25) is 5.91 Å². The molecule has 8 heteroatoms. The summed E-state index contributed by atoms with van der Waals surface area (Å²) in [5.41, 5.74) is 7.75. The van der Waals surface area contributed by atoms with Gasteiger partial charge in [0.1, 0.15) is 11.5 Å². The molecule has 0 aliphatic heterocycles. The van der Waals surface area contributed by atoms with Crippen molar-refractivity contribution in [3.8, 4) is 11.3 Å². The molecule has 4 N–H and O–H groups in total. The molecule has 0 fully saturated rings. The standard InChI is InChI=1S/C17H15FN4O2S/c18-12-4-1-10(2-5-12)3-6-15(23)22-17-21-14(9-25-17)11-7-13(16(19)24)20-8-11/h1-2,4-5,7-9,20H,3,6H2,(H2,19,24)(H,21,22,23). The number of primary amides is 1. The number of carbonyl (C=O) groups excluding carboxylic acids is 2. The number of nitrogens with zero attached hydrogens (tertiary/aromatic N) is 1. The van der Waals surface area contributed by atoms with Crippen LogP contribution in [0.3, 0.4) is 0 Å². The summed E-state index contributed by atoms with van der Waals surface area (Å²) in [7, 11) is 0. The van der Waals surface area contributed by atoms with E-state index in [9.17, 15) is 14.0 Å². The number of aromatic nitrogens is 2. The quantitative estimate of drug-likeness (QED) is 0.631. The lowest BCUT2D eigenvalue weighted by atomic mass is 10.1. The highest BCUT2D eigenvalue weighted by atomic mass is 32.1. The summed E-state index contributed by atoms with van der Waals surface area (Å²) in [5, 5.41) is 4.99. The SMILES string of the molecule is NC(=O)c1cc(-c2csc(NC(=O)CCc3ccc(F)cc3)n2)c[nH]1. The van der Waals surface area contributed by atoms with Gasteiger partial charge in [-0.3, -0.25) is 9.59 Å². The summed E-state index contributed by atoms with van der Waals surface area (Å²) in [6.07, 6.45) is 2.43. The third kappa shape index (κ3) is 4.30. The first-order valence-corrected chi connectivity index (χ1v) is 8.37. The number of nitrogens with two attached hydrogens (primary N) is 1. The molecule has 0 aliphatic rings. The number of amides is 2. The molecule has 3 rings (SSSR count). The molecule has 25 heavy (non-hydrogen) atoms. The minimum Gasteiger partial charge on any atom is -0.364 e. The fourth-order valence-electron chi connectivity index (χ4n) is 2.24. The van der Waals surface area contributed by atoms with Gasteiger partial charge in [0.05, 0.1) is 5.69 Å². The fourth-order valence-corrected chi connectivity index (χ4v) is 2.97. The van der Waals surface area contributed by atoms with Crippen molar-refractivity contribution in [3.63, 3.8) is 0 Å². The van der Waals surface area contributed by atoms with Crippen LogP contribution in [0.4, 0.5) is 9.52 Å². The minimum absolute atomic E-state index is 0.169. The number of hydrogen-bond donors (Lipinski definition) is 3. The van der Waals surface area contributed by atoms with E-state index in [1.54, 1.807) is 29.8 Å². The molecule has 0 unspecified atom stereocenters. The number of anilines is 1. The molecule has 0 atom stereocenters. The van der Waals surface area contributed by atoms with Gasteiger partial charge in [-0.05, 0) is 30.2 Å².